The quantitative estimate of drug-likeness (QED) is 0.818. The average molecular weight is 365 g/mol. The molecule has 5 nitrogen and oxygen atoms in total. The van der Waals surface area contributed by atoms with Crippen molar-refractivity contribution in [3.63, 3.8) is 0 Å². The van der Waals surface area contributed by atoms with Gasteiger partial charge in [0, 0.05) is 26.1 Å². The first kappa shape index (κ1) is 18.6. The summed E-state index contributed by atoms with van der Waals surface area (Å²) in [6, 6.07) is 15.3. The number of carbonyl (C=O) groups is 2. The number of halogens is 1. The molecule has 1 heterocycles. The van der Waals surface area contributed by atoms with Crippen molar-refractivity contribution in [2.24, 2.45) is 0 Å². The maximum Gasteiger partial charge on any atom is 0.242 e. The summed E-state index contributed by atoms with van der Waals surface area (Å²) >= 11 is 0. The molecule has 0 aromatic heterocycles. The lowest BCUT2D eigenvalue weighted by Crippen LogP contribution is -2.51. The Hall–Kier alpha value is -3.20. The fourth-order valence-corrected chi connectivity index (χ4v) is 3.05. The van der Waals surface area contributed by atoms with Crippen LogP contribution in [0.15, 0.2) is 48.5 Å². The second-order valence-corrected chi connectivity index (χ2v) is 6.57. The van der Waals surface area contributed by atoms with Crippen LogP contribution in [0.5, 0.6) is 0 Å². The molecule has 1 saturated heterocycles. The van der Waals surface area contributed by atoms with E-state index in [1.807, 2.05) is 12.1 Å². The Morgan fingerprint density at radius 1 is 1.04 bits per heavy atom. The van der Waals surface area contributed by atoms with Crippen molar-refractivity contribution in [3.05, 3.63) is 71.0 Å². The van der Waals surface area contributed by atoms with Crippen molar-refractivity contribution in [2.45, 2.75) is 19.4 Å². The van der Waals surface area contributed by atoms with Crippen LogP contribution in [-0.2, 0) is 22.6 Å². The van der Waals surface area contributed by atoms with Crippen molar-refractivity contribution in [2.75, 3.05) is 19.6 Å². The molecular weight excluding hydrogens is 345 g/mol. The monoisotopic (exact) mass is 365 g/mol. The number of hydrogen-bond acceptors (Lipinski definition) is 3. The second kappa shape index (κ2) is 8.45. The first-order chi connectivity index (χ1) is 13.0. The number of aryl methyl sites for hydroxylation is 1. The lowest BCUT2D eigenvalue weighted by Gasteiger charge is -2.34. The van der Waals surface area contributed by atoms with Gasteiger partial charge in [0.1, 0.15) is 5.82 Å². The molecule has 0 unspecified atom stereocenters. The highest BCUT2D eigenvalue weighted by Gasteiger charge is 2.26. The molecule has 2 aromatic rings. The minimum Gasteiger partial charge on any atom is -0.335 e. The third kappa shape index (κ3) is 4.91. The Balaban J connectivity index is 1.49. The first-order valence-corrected chi connectivity index (χ1v) is 8.84. The smallest absolute Gasteiger partial charge is 0.242 e. The van der Waals surface area contributed by atoms with E-state index in [1.165, 1.54) is 12.1 Å². The lowest BCUT2D eigenvalue weighted by atomic mass is 10.1. The zero-order valence-corrected chi connectivity index (χ0v) is 14.9. The molecule has 0 saturated carbocycles. The minimum atomic E-state index is -0.297. The van der Waals surface area contributed by atoms with Gasteiger partial charge in [-0.3, -0.25) is 9.59 Å². The fraction of sp³-hybridized carbons (Fsp3) is 0.286. The lowest BCUT2D eigenvalue weighted by molar-refractivity contribution is -0.145. The van der Waals surface area contributed by atoms with E-state index in [0.717, 1.165) is 11.1 Å². The molecule has 3 rings (SSSR count). The number of amides is 2. The Morgan fingerprint density at radius 2 is 1.70 bits per heavy atom. The fourth-order valence-electron chi connectivity index (χ4n) is 3.05. The number of nitriles is 1. The summed E-state index contributed by atoms with van der Waals surface area (Å²) in [4.78, 5) is 28.1. The molecule has 0 radical (unpaired) electrons. The van der Waals surface area contributed by atoms with Crippen molar-refractivity contribution >= 4 is 11.8 Å². The van der Waals surface area contributed by atoms with Crippen LogP contribution >= 0.6 is 0 Å². The average Bonchev–Trinajstić information content (AvgIpc) is 2.69. The highest BCUT2D eigenvalue weighted by molar-refractivity contribution is 5.86. The van der Waals surface area contributed by atoms with Crippen LogP contribution in [0.2, 0.25) is 0 Å². The zero-order chi connectivity index (χ0) is 19.2. The molecule has 138 valence electrons. The van der Waals surface area contributed by atoms with Crippen LogP contribution in [0.1, 0.15) is 23.1 Å². The summed E-state index contributed by atoms with van der Waals surface area (Å²) in [6.07, 6.45) is 0.827. The summed E-state index contributed by atoms with van der Waals surface area (Å²) in [5, 5.41) is 8.83. The largest absolute Gasteiger partial charge is 0.335 e. The topological polar surface area (TPSA) is 64.4 Å². The van der Waals surface area contributed by atoms with E-state index < -0.39 is 0 Å². The molecule has 0 aliphatic carbocycles. The van der Waals surface area contributed by atoms with Gasteiger partial charge in [0.2, 0.25) is 11.8 Å². The van der Waals surface area contributed by atoms with E-state index in [2.05, 4.69) is 6.07 Å². The molecule has 6 heteroatoms. The summed E-state index contributed by atoms with van der Waals surface area (Å²) in [6.45, 7) is 1.55. The highest BCUT2D eigenvalue weighted by Crippen LogP contribution is 2.13. The van der Waals surface area contributed by atoms with E-state index in [0.29, 0.717) is 38.0 Å². The predicted octanol–water partition coefficient (Wildman–Crippen LogP) is 2.50. The van der Waals surface area contributed by atoms with E-state index in [9.17, 15) is 14.0 Å². The number of hydrogen-bond donors (Lipinski definition) is 0. The van der Waals surface area contributed by atoms with E-state index in [1.54, 1.807) is 34.1 Å². The molecule has 0 bridgehead atoms. The number of rotatable bonds is 5. The van der Waals surface area contributed by atoms with Gasteiger partial charge in [-0.15, -0.1) is 0 Å². The van der Waals surface area contributed by atoms with Crippen molar-refractivity contribution in [3.8, 4) is 6.07 Å². The van der Waals surface area contributed by atoms with Gasteiger partial charge in [-0.2, -0.15) is 5.26 Å². The number of piperazine rings is 1. The van der Waals surface area contributed by atoms with Crippen molar-refractivity contribution < 1.29 is 14.0 Å². The maximum atomic E-state index is 12.9. The van der Waals surface area contributed by atoms with Crippen LogP contribution in [0, 0.1) is 17.1 Å². The van der Waals surface area contributed by atoms with Gasteiger partial charge in [-0.25, -0.2) is 4.39 Å². The van der Waals surface area contributed by atoms with Gasteiger partial charge in [-0.05, 0) is 41.8 Å². The summed E-state index contributed by atoms with van der Waals surface area (Å²) in [5.74, 6) is -0.444. The van der Waals surface area contributed by atoms with Crippen LogP contribution in [0.4, 0.5) is 4.39 Å². The van der Waals surface area contributed by atoms with Gasteiger partial charge >= 0.3 is 0 Å². The molecule has 0 atom stereocenters. The van der Waals surface area contributed by atoms with Gasteiger partial charge in [0.25, 0.3) is 0 Å². The van der Waals surface area contributed by atoms with Gasteiger partial charge in [0.05, 0.1) is 18.2 Å². The Kier molecular flexibility index (Phi) is 5.82. The predicted molar refractivity (Wildman–Crippen MR) is 97.9 cm³/mol. The minimum absolute atomic E-state index is 0.0642. The number of carbonyl (C=O) groups excluding carboxylic acids is 2. The molecule has 1 aliphatic heterocycles. The van der Waals surface area contributed by atoms with Crippen LogP contribution in [0.25, 0.3) is 0 Å². The molecular formula is C21H20FN3O2. The van der Waals surface area contributed by atoms with Crippen LogP contribution in [-0.4, -0.2) is 41.2 Å². The molecule has 0 spiro atoms. The van der Waals surface area contributed by atoms with Crippen molar-refractivity contribution in [1.82, 2.24) is 9.80 Å². The Bertz CT molecular complexity index is 856. The van der Waals surface area contributed by atoms with Crippen LogP contribution < -0.4 is 0 Å². The summed E-state index contributed by atoms with van der Waals surface area (Å²) in [7, 11) is 0. The molecule has 2 amide bonds. The Labute approximate surface area is 157 Å². The van der Waals surface area contributed by atoms with E-state index in [-0.39, 0.29) is 24.2 Å². The Morgan fingerprint density at radius 3 is 2.33 bits per heavy atom. The molecule has 2 aromatic carbocycles. The molecule has 0 N–H and O–H groups in total. The van der Waals surface area contributed by atoms with E-state index in [4.69, 9.17) is 5.26 Å². The first-order valence-electron chi connectivity index (χ1n) is 8.84. The van der Waals surface area contributed by atoms with Gasteiger partial charge in [-0.1, -0.05) is 24.3 Å². The number of nitrogens with zero attached hydrogens (tertiary/aromatic N) is 3. The second-order valence-electron chi connectivity index (χ2n) is 6.57. The van der Waals surface area contributed by atoms with Gasteiger partial charge < -0.3 is 9.80 Å². The van der Waals surface area contributed by atoms with Crippen molar-refractivity contribution in [1.29, 1.82) is 5.26 Å². The summed E-state index contributed by atoms with van der Waals surface area (Å²) in [5.41, 5.74) is 2.44. The number of benzene rings is 2. The highest BCUT2D eigenvalue weighted by atomic mass is 19.1. The third-order valence-corrected chi connectivity index (χ3v) is 4.67. The summed E-state index contributed by atoms with van der Waals surface area (Å²) < 4.78 is 12.9. The SMILES string of the molecule is N#Cc1ccc(CN2CCN(C(=O)CCc3ccc(F)cc3)CC2=O)cc1. The zero-order valence-electron chi connectivity index (χ0n) is 14.9. The molecule has 1 fully saturated rings. The maximum absolute atomic E-state index is 12.9. The molecule has 27 heavy (non-hydrogen) atoms. The van der Waals surface area contributed by atoms with E-state index >= 15 is 0 Å². The third-order valence-electron chi connectivity index (χ3n) is 4.67. The standard InChI is InChI=1S/C21H20FN3O2/c22-19-8-5-16(6-9-19)7-10-20(26)25-12-11-24(21(27)15-25)14-18-3-1-17(13-23)2-4-18/h1-6,8-9H,7,10-12,14-15H2. The normalized spacial score (nSPS) is 14.1. The van der Waals surface area contributed by atoms with Crippen LogP contribution in [0.3, 0.4) is 0 Å². The van der Waals surface area contributed by atoms with Gasteiger partial charge in [0.15, 0.2) is 0 Å². The molecule has 1 aliphatic rings.